The van der Waals surface area contributed by atoms with Crippen molar-refractivity contribution in [2.24, 2.45) is 0 Å². The summed E-state index contributed by atoms with van der Waals surface area (Å²) in [6.07, 6.45) is -4.70. The van der Waals surface area contributed by atoms with E-state index in [0.29, 0.717) is 0 Å². The molecule has 0 saturated heterocycles. The van der Waals surface area contributed by atoms with Gasteiger partial charge in [0.2, 0.25) is 5.76 Å². The minimum Gasteiger partial charge on any atom is -0.504 e. The Kier molecular flexibility index (Phi) is 10.5. The number of hydrogen-bond acceptors (Lipinski definition) is 3. The summed E-state index contributed by atoms with van der Waals surface area (Å²) in [7, 11) is 8.50. The van der Waals surface area contributed by atoms with Crippen LogP contribution in [0, 0.1) is 49.4 Å². The van der Waals surface area contributed by atoms with Crippen LogP contribution in [0.15, 0.2) is 29.3 Å². The number of ketones is 1. The minimum atomic E-state index is -4.87. The summed E-state index contributed by atoms with van der Waals surface area (Å²) >= 11 is 1.01. The van der Waals surface area contributed by atoms with Crippen molar-refractivity contribution in [3.8, 4) is 0 Å². The van der Waals surface area contributed by atoms with Crippen molar-refractivity contribution in [3.63, 3.8) is 0 Å². The molecule has 20 heavy (non-hydrogen) atoms. The predicted octanol–water partition coefficient (Wildman–Crippen LogP) is 3.26. The van der Waals surface area contributed by atoms with Crippen molar-refractivity contribution in [3.05, 3.63) is 34.2 Å². The first-order valence-corrected chi connectivity index (χ1v) is 6.14. The molecule has 0 bridgehead atoms. The first kappa shape index (κ1) is 22.5. The Labute approximate surface area is 161 Å². The number of carbonyl (C=O) groups is 1. The van der Waals surface area contributed by atoms with Gasteiger partial charge < -0.3 is 9.59 Å². The maximum Gasteiger partial charge on any atom is 0.448 e. The van der Waals surface area contributed by atoms with Crippen LogP contribution in [0.4, 0.5) is 13.2 Å². The molecule has 0 spiro atoms. The topological polar surface area (TPSA) is 37.3 Å². The van der Waals surface area contributed by atoms with Gasteiger partial charge in [0.1, 0.15) is 0 Å². The maximum atomic E-state index is 11.8. The average molecular weight is 448 g/mol. The summed E-state index contributed by atoms with van der Waals surface area (Å²) in [6, 6.07) is 2.92. The largest absolute Gasteiger partial charge is 0.504 e. The van der Waals surface area contributed by atoms with Gasteiger partial charge in [-0.25, -0.2) is 0 Å². The second-order valence-electron chi connectivity index (χ2n) is 5.05. The van der Waals surface area contributed by atoms with E-state index in [9.17, 15) is 18.0 Å². The van der Waals surface area contributed by atoms with Crippen molar-refractivity contribution < 1.29 is 76.9 Å². The Morgan fingerprint density at radius 1 is 1.30 bits per heavy atom. The fourth-order valence-electron chi connectivity index (χ4n) is 0.696. The normalized spacial score (nSPS) is 12.1. The van der Waals surface area contributed by atoms with E-state index in [1.807, 2.05) is 0 Å². The van der Waals surface area contributed by atoms with Crippen LogP contribution in [0.3, 0.4) is 0 Å². The second kappa shape index (κ2) is 9.30. The number of nitrogens with zero attached hydrogens (tertiary/aromatic N) is 1. The molecule has 115 valence electrons. The van der Waals surface area contributed by atoms with Gasteiger partial charge in [-0.1, -0.05) is 6.07 Å². The quantitative estimate of drug-likeness (QED) is 0.327. The van der Waals surface area contributed by atoms with Gasteiger partial charge in [0.15, 0.2) is 5.78 Å². The van der Waals surface area contributed by atoms with E-state index in [1.165, 1.54) is 12.1 Å². The van der Waals surface area contributed by atoms with E-state index < -0.39 is 17.7 Å². The van der Waals surface area contributed by atoms with Crippen molar-refractivity contribution in [2.75, 3.05) is 28.2 Å². The van der Waals surface area contributed by atoms with Gasteiger partial charge in [0.05, 0.1) is 33.1 Å². The number of aliphatic hydroxyl groups is 1. The first-order valence-electron chi connectivity index (χ1n) is 5.26. The van der Waals surface area contributed by atoms with Crippen LogP contribution < -0.4 is 0 Å². The molecule has 0 aliphatic rings. The second-order valence-corrected chi connectivity index (χ2v) is 6.00. The molecule has 0 amide bonds. The van der Waals surface area contributed by atoms with E-state index in [0.717, 1.165) is 15.8 Å². The van der Waals surface area contributed by atoms with Crippen LogP contribution >= 0.6 is 11.3 Å². The van der Waals surface area contributed by atoms with Gasteiger partial charge in [-0.2, -0.15) is 13.2 Å². The number of carbonyl (C=O) groups excluding carboxylic acids is 1. The van der Waals surface area contributed by atoms with Crippen LogP contribution in [0.5, 0.6) is 0 Å². The number of aliphatic hydroxyl groups excluding tert-OH is 1. The zero-order chi connectivity index (χ0) is 15.3. The molecule has 0 aliphatic heterocycles. The molecule has 0 saturated carbocycles. The zero-order valence-electron chi connectivity index (χ0n) is 11.5. The van der Waals surface area contributed by atoms with E-state index >= 15 is 0 Å². The number of alkyl halides is 3. The van der Waals surface area contributed by atoms with E-state index in [1.54, 1.807) is 5.38 Å². The van der Waals surface area contributed by atoms with Crippen molar-refractivity contribution in [2.45, 2.75) is 6.18 Å². The number of allylic oxidation sites excluding steroid dienone is 2. The van der Waals surface area contributed by atoms with E-state index in [2.05, 4.69) is 28.2 Å². The molecule has 0 atom stereocenters. The monoisotopic (exact) mass is 449 g/mol. The fraction of sp³-hybridized carbons (Fsp3) is 0.417. The van der Waals surface area contributed by atoms with E-state index in [4.69, 9.17) is 5.11 Å². The number of rotatable bonds is 2. The molecule has 1 rings (SSSR count). The molecule has 1 radical (unpaired) electrons. The Morgan fingerprint density at radius 3 is 2.05 bits per heavy atom. The summed E-state index contributed by atoms with van der Waals surface area (Å²) in [5.74, 6) is -2.73. The summed E-state index contributed by atoms with van der Waals surface area (Å²) < 4.78 is 36.4. The third kappa shape index (κ3) is 12.0. The van der Waals surface area contributed by atoms with Crippen LogP contribution in [-0.4, -0.2) is 49.7 Å². The number of quaternary nitrogens is 1. The molecule has 1 heterocycles. The summed E-state index contributed by atoms with van der Waals surface area (Å²) in [6.45, 7) is 0. The van der Waals surface area contributed by atoms with Crippen LogP contribution in [-0.2, 0) is 0 Å². The minimum absolute atomic E-state index is 0. The van der Waals surface area contributed by atoms with Gasteiger partial charge in [-0.15, -0.1) is 11.3 Å². The molecule has 1 aromatic heterocycles. The number of hydrogen-bond donors (Lipinski definition) is 1. The smallest absolute Gasteiger partial charge is 0.448 e. The molecule has 1 N–H and O–H groups in total. The average Bonchev–Trinajstić information content (AvgIpc) is 2.65. The van der Waals surface area contributed by atoms with Crippen molar-refractivity contribution in [1.82, 2.24) is 0 Å². The van der Waals surface area contributed by atoms with Gasteiger partial charge in [0, 0.05) is 55.5 Å². The summed E-state index contributed by atoms with van der Waals surface area (Å²) in [5, 5.41) is 10.0. The molecule has 8 heteroatoms. The Morgan fingerprint density at radius 2 is 1.75 bits per heavy atom. The van der Waals surface area contributed by atoms with Gasteiger partial charge in [-0.3, -0.25) is 4.79 Å². The Bertz CT molecular complexity index is 431. The standard InChI is InChI=1S/C8H5F3O2S.C4H12N.Eu/c9-8(10,11)7(13)4-5(12)6-2-1-3-14-6;1-5(2,3)4;/h1-4,13H;1-4H3;/q;+1;. The number of halogens is 3. The molecule has 0 aliphatic carbocycles. The summed E-state index contributed by atoms with van der Waals surface area (Å²) in [5.41, 5.74) is 0. The van der Waals surface area contributed by atoms with Crippen LogP contribution in [0.1, 0.15) is 9.67 Å². The molecular formula is C12H17EuF3NO2S+. The first-order chi connectivity index (χ1) is 8.41. The Hall–Kier alpha value is 0.244. The fourth-order valence-corrected chi connectivity index (χ4v) is 1.33. The van der Waals surface area contributed by atoms with Gasteiger partial charge >= 0.3 is 6.18 Å². The predicted molar refractivity (Wildman–Crippen MR) is 69.4 cm³/mol. The third-order valence-electron chi connectivity index (χ3n) is 1.32. The summed E-state index contributed by atoms with van der Waals surface area (Å²) in [4.78, 5) is 11.2. The van der Waals surface area contributed by atoms with Gasteiger partial charge in [0.25, 0.3) is 0 Å². The van der Waals surface area contributed by atoms with Crippen molar-refractivity contribution >= 4 is 17.1 Å². The maximum absolute atomic E-state index is 11.8. The Balaban J connectivity index is 0. The molecular weight excluding hydrogens is 431 g/mol. The van der Waals surface area contributed by atoms with Crippen LogP contribution in [0.2, 0.25) is 0 Å². The van der Waals surface area contributed by atoms with E-state index in [-0.39, 0.29) is 60.3 Å². The van der Waals surface area contributed by atoms with Crippen LogP contribution in [0.25, 0.3) is 0 Å². The molecule has 0 aromatic carbocycles. The molecule has 0 fully saturated rings. The third-order valence-corrected chi connectivity index (χ3v) is 2.21. The van der Waals surface area contributed by atoms with Gasteiger partial charge in [-0.05, 0) is 11.4 Å². The molecule has 3 nitrogen and oxygen atoms in total. The number of thiophene rings is 1. The van der Waals surface area contributed by atoms with Crippen molar-refractivity contribution in [1.29, 1.82) is 0 Å². The molecule has 1 aromatic rings. The zero-order valence-corrected chi connectivity index (χ0v) is 14.8. The molecule has 0 unspecified atom stereocenters. The SMILES string of the molecule is C[N+](C)(C)C.O=C(C=C(O)C(F)(F)F)c1cccs1.[Eu].